The predicted octanol–water partition coefficient (Wildman–Crippen LogP) is 3.95. The molecule has 0 saturated carbocycles. The molecule has 0 saturated heterocycles. The second kappa shape index (κ2) is 5.06. The van der Waals surface area contributed by atoms with Crippen LogP contribution in [0.4, 0.5) is 0 Å². The van der Waals surface area contributed by atoms with Gasteiger partial charge in [-0.15, -0.1) is 0 Å². The van der Waals surface area contributed by atoms with E-state index in [1.54, 1.807) is 0 Å². The van der Waals surface area contributed by atoms with Gasteiger partial charge in [0.15, 0.2) is 0 Å². The number of hydrogen-bond acceptors (Lipinski definition) is 0. The van der Waals surface area contributed by atoms with Crippen LogP contribution in [0.3, 0.4) is 0 Å². The first-order valence-electron chi connectivity index (χ1n) is 5.24. The summed E-state index contributed by atoms with van der Waals surface area (Å²) >= 11 is 0. The van der Waals surface area contributed by atoms with Gasteiger partial charge >= 0.3 is 0 Å². The van der Waals surface area contributed by atoms with Gasteiger partial charge in [-0.05, 0) is 36.0 Å². The molecule has 0 bridgehead atoms. The normalized spacial score (nSPS) is 10.8. The highest BCUT2D eigenvalue weighted by Crippen LogP contribution is 2.20. The molecule has 0 aromatic heterocycles. The molecule has 0 aliphatic heterocycles. The molecule has 71 valence electrons. The molecular weight excluding hydrogens is 156 g/mol. The number of hydrogen-bond donors (Lipinski definition) is 0. The minimum Gasteiger partial charge on any atom is -0.0654 e. The molecule has 0 amide bonds. The van der Waals surface area contributed by atoms with E-state index < -0.39 is 0 Å². The van der Waals surface area contributed by atoms with E-state index in [1.165, 1.54) is 30.4 Å². The lowest BCUT2D eigenvalue weighted by molar-refractivity contribution is 0.767. The Balaban J connectivity index is 2.78. The molecule has 0 nitrogen and oxygen atoms in total. The average Bonchev–Trinajstić information content (AvgIpc) is 2.15. The highest BCUT2D eigenvalue weighted by molar-refractivity contribution is 5.29. The minimum atomic E-state index is 0.629. The second-order valence-electron chi connectivity index (χ2n) is 3.88. The van der Waals surface area contributed by atoms with Crippen LogP contribution in [0.2, 0.25) is 0 Å². The molecule has 0 aliphatic rings. The molecule has 0 heteroatoms. The van der Waals surface area contributed by atoms with Gasteiger partial charge in [0.05, 0.1) is 0 Å². The van der Waals surface area contributed by atoms with Gasteiger partial charge in [0.25, 0.3) is 0 Å². The molecule has 0 unspecified atom stereocenters. The van der Waals surface area contributed by atoms with Crippen molar-refractivity contribution in [1.82, 2.24) is 0 Å². The van der Waals surface area contributed by atoms with E-state index >= 15 is 0 Å². The van der Waals surface area contributed by atoms with Crippen molar-refractivity contribution in [3.63, 3.8) is 0 Å². The summed E-state index contributed by atoms with van der Waals surface area (Å²) in [6.07, 6.45) is 3.79. The summed E-state index contributed by atoms with van der Waals surface area (Å²) in [6, 6.07) is 9.53. The Bertz CT molecular complexity index is 248. The van der Waals surface area contributed by atoms with Crippen molar-refractivity contribution in [2.45, 2.75) is 46.0 Å². The first kappa shape index (κ1) is 10.3. The Labute approximate surface area is 82.0 Å². The van der Waals surface area contributed by atoms with Gasteiger partial charge in [-0.3, -0.25) is 0 Å². The maximum Gasteiger partial charge on any atom is -0.0181 e. The van der Waals surface area contributed by atoms with Crippen LogP contribution in [-0.2, 0) is 6.42 Å². The van der Waals surface area contributed by atoms with Crippen LogP contribution in [-0.4, -0.2) is 0 Å². The van der Waals surface area contributed by atoms with Gasteiger partial charge in [0.2, 0.25) is 0 Å². The van der Waals surface area contributed by atoms with Crippen LogP contribution in [0.1, 0.15) is 50.7 Å². The van der Waals surface area contributed by atoms with E-state index in [4.69, 9.17) is 0 Å². The summed E-state index contributed by atoms with van der Waals surface area (Å²) in [5.74, 6) is 0.629. The summed E-state index contributed by atoms with van der Waals surface area (Å²) in [6.45, 7) is 6.74. The molecule has 1 aromatic rings. The molecule has 1 aromatic carbocycles. The zero-order valence-electron chi connectivity index (χ0n) is 8.93. The van der Waals surface area contributed by atoms with Crippen molar-refractivity contribution in [3.05, 3.63) is 35.4 Å². The van der Waals surface area contributed by atoms with Gasteiger partial charge in [-0.1, -0.05) is 45.4 Å². The van der Waals surface area contributed by atoms with Crippen LogP contribution in [0.25, 0.3) is 0 Å². The van der Waals surface area contributed by atoms with Crippen molar-refractivity contribution >= 4 is 0 Å². The third kappa shape index (κ3) is 2.87. The van der Waals surface area contributed by atoms with Crippen LogP contribution in [0.15, 0.2) is 18.2 Å². The first-order valence-corrected chi connectivity index (χ1v) is 5.24. The molecule has 0 fully saturated rings. The number of unbranched alkanes of at least 4 members (excludes halogenated alkanes) is 1. The maximum absolute atomic E-state index is 3.16. The van der Waals surface area contributed by atoms with Gasteiger partial charge in [-0.2, -0.15) is 0 Å². The summed E-state index contributed by atoms with van der Waals surface area (Å²) in [7, 11) is 0. The maximum atomic E-state index is 3.16. The summed E-state index contributed by atoms with van der Waals surface area (Å²) in [5.41, 5.74) is 2.98. The van der Waals surface area contributed by atoms with Crippen LogP contribution >= 0.6 is 0 Å². The SMILES string of the molecule is CCCCc1cc[c]cc1C(C)C. The van der Waals surface area contributed by atoms with E-state index in [1.807, 2.05) is 6.07 Å². The van der Waals surface area contributed by atoms with Crippen molar-refractivity contribution in [3.8, 4) is 0 Å². The predicted molar refractivity (Wildman–Crippen MR) is 58.0 cm³/mol. The van der Waals surface area contributed by atoms with Crippen LogP contribution < -0.4 is 0 Å². The molecule has 0 aliphatic carbocycles. The van der Waals surface area contributed by atoms with E-state index in [9.17, 15) is 0 Å². The molecule has 0 N–H and O–H groups in total. The third-order valence-electron chi connectivity index (χ3n) is 2.41. The van der Waals surface area contributed by atoms with Crippen molar-refractivity contribution in [1.29, 1.82) is 0 Å². The molecule has 0 spiro atoms. The highest BCUT2D eigenvalue weighted by atomic mass is 14.1. The summed E-state index contributed by atoms with van der Waals surface area (Å²) in [5, 5.41) is 0. The topological polar surface area (TPSA) is 0 Å². The zero-order chi connectivity index (χ0) is 9.68. The smallest absolute Gasteiger partial charge is 0.0181 e. The number of aryl methyl sites for hydroxylation is 1. The second-order valence-corrected chi connectivity index (χ2v) is 3.88. The Morgan fingerprint density at radius 1 is 1.38 bits per heavy atom. The monoisotopic (exact) mass is 175 g/mol. The van der Waals surface area contributed by atoms with E-state index in [0.29, 0.717) is 5.92 Å². The molecular formula is C13H19. The molecule has 13 heavy (non-hydrogen) atoms. The summed E-state index contributed by atoms with van der Waals surface area (Å²) in [4.78, 5) is 0. The Kier molecular flexibility index (Phi) is 4.01. The Morgan fingerprint density at radius 2 is 2.15 bits per heavy atom. The molecule has 1 radical (unpaired) electrons. The van der Waals surface area contributed by atoms with Gasteiger partial charge < -0.3 is 0 Å². The van der Waals surface area contributed by atoms with Crippen molar-refractivity contribution < 1.29 is 0 Å². The van der Waals surface area contributed by atoms with E-state index in [2.05, 4.69) is 39.0 Å². The van der Waals surface area contributed by atoms with Gasteiger partial charge in [0, 0.05) is 0 Å². The lowest BCUT2D eigenvalue weighted by Crippen LogP contribution is -1.95. The zero-order valence-corrected chi connectivity index (χ0v) is 8.93. The van der Waals surface area contributed by atoms with Crippen molar-refractivity contribution in [2.75, 3.05) is 0 Å². The average molecular weight is 175 g/mol. The van der Waals surface area contributed by atoms with Gasteiger partial charge in [0.1, 0.15) is 0 Å². The molecule has 1 rings (SSSR count). The third-order valence-corrected chi connectivity index (χ3v) is 2.41. The van der Waals surface area contributed by atoms with Crippen molar-refractivity contribution in [2.24, 2.45) is 0 Å². The largest absolute Gasteiger partial charge is 0.0654 e. The minimum absolute atomic E-state index is 0.629. The fourth-order valence-electron chi connectivity index (χ4n) is 1.61. The van der Waals surface area contributed by atoms with E-state index in [0.717, 1.165) is 0 Å². The Hall–Kier alpha value is -0.780. The summed E-state index contributed by atoms with van der Waals surface area (Å²) < 4.78 is 0. The highest BCUT2D eigenvalue weighted by Gasteiger charge is 2.04. The number of benzene rings is 1. The molecule has 0 heterocycles. The first-order chi connectivity index (χ1) is 6.25. The number of rotatable bonds is 4. The fourth-order valence-corrected chi connectivity index (χ4v) is 1.61. The van der Waals surface area contributed by atoms with E-state index in [-0.39, 0.29) is 0 Å². The quantitative estimate of drug-likeness (QED) is 0.650. The van der Waals surface area contributed by atoms with Crippen LogP contribution in [0.5, 0.6) is 0 Å². The molecule has 0 atom stereocenters. The lowest BCUT2D eigenvalue weighted by Gasteiger charge is -2.11. The Morgan fingerprint density at radius 3 is 2.77 bits per heavy atom. The fraction of sp³-hybridized carbons (Fsp3) is 0.538. The lowest BCUT2D eigenvalue weighted by atomic mass is 9.94. The van der Waals surface area contributed by atoms with Gasteiger partial charge in [-0.25, -0.2) is 0 Å². The standard InChI is InChI=1S/C13H19/c1-4-5-8-12-9-6-7-10-13(12)11(2)3/h6,9-11H,4-5,8H2,1-3H3. The van der Waals surface area contributed by atoms with Crippen LogP contribution in [0, 0.1) is 6.07 Å².